The van der Waals surface area contributed by atoms with E-state index in [1.165, 1.54) is 44.6 Å². The lowest BCUT2D eigenvalue weighted by Gasteiger charge is -2.11. The van der Waals surface area contributed by atoms with Gasteiger partial charge < -0.3 is 0 Å². The van der Waals surface area contributed by atoms with Gasteiger partial charge in [-0.15, -0.1) is 0 Å². The van der Waals surface area contributed by atoms with Crippen molar-refractivity contribution in [3.05, 3.63) is 0 Å². The van der Waals surface area contributed by atoms with E-state index in [2.05, 4.69) is 13.1 Å². The van der Waals surface area contributed by atoms with E-state index in [4.69, 9.17) is 11.1 Å². The molecule has 0 amide bonds. The first-order valence-corrected chi connectivity index (χ1v) is 10.5. The van der Waals surface area contributed by atoms with E-state index < -0.39 is 7.38 Å². The van der Waals surface area contributed by atoms with Gasteiger partial charge in [0.15, 0.2) is 0 Å². The molecule has 0 aromatic rings. The molecule has 0 aliphatic rings. The van der Waals surface area contributed by atoms with Crippen LogP contribution < -0.4 is 0 Å². The summed E-state index contributed by atoms with van der Waals surface area (Å²) in [5.74, 6) is 0. The van der Waals surface area contributed by atoms with E-state index in [-0.39, 0.29) is 6.67 Å². The van der Waals surface area contributed by atoms with Crippen LogP contribution in [0, 0.1) is 0 Å². The Kier molecular flexibility index (Phi) is 9.93. The molecule has 0 nitrogen and oxygen atoms in total. The quantitative estimate of drug-likeness (QED) is 0.273. The summed E-state index contributed by atoms with van der Waals surface area (Å²) < 4.78 is 11.8. The topological polar surface area (TPSA) is 0 Å². The number of halogens is 2. The second-order valence-corrected chi connectivity index (χ2v) is 12.0. The monoisotopic (exact) mass is 252 g/mol. The first kappa shape index (κ1) is 15.4. The number of alkyl halides is 1. The van der Waals surface area contributed by atoms with Crippen LogP contribution in [0.3, 0.4) is 0 Å². The molecule has 0 rings (SSSR count). The normalized spacial score (nSPS) is 12.0. The van der Waals surface area contributed by atoms with Crippen molar-refractivity contribution in [3.63, 3.8) is 0 Å². The fraction of sp³-hybridized carbons (Fsp3) is 1.00. The van der Waals surface area contributed by atoms with Gasteiger partial charge >= 0.3 is 0 Å². The third kappa shape index (κ3) is 14.4. The van der Waals surface area contributed by atoms with Crippen LogP contribution in [0.5, 0.6) is 0 Å². The molecule has 0 aromatic carbocycles. The van der Waals surface area contributed by atoms with Crippen LogP contribution in [0.2, 0.25) is 19.1 Å². The summed E-state index contributed by atoms with van der Waals surface area (Å²) in [5, 5.41) is 0. The SMILES string of the molecule is C[Si](C)(Cl)CCCCCCCCCCF. The molecule has 0 fully saturated rings. The highest BCUT2D eigenvalue weighted by atomic mass is 35.6. The molecule has 0 unspecified atom stereocenters. The average Bonchev–Trinajstić information content (AvgIpc) is 2.14. The number of unbranched alkanes of at least 4 members (excludes halogenated alkanes) is 7. The van der Waals surface area contributed by atoms with Crippen LogP contribution in [0.4, 0.5) is 4.39 Å². The van der Waals surface area contributed by atoms with E-state index in [0.29, 0.717) is 0 Å². The van der Waals surface area contributed by atoms with Gasteiger partial charge in [0.2, 0.25) is 0 Å². The Balaban J connectivity index is 2.99. The van der Waals surface area contributed by atoms with E-state index in [1.807, 2.05) is 0 Å². The van der Waals surface area contributed by atoms with Gasteiger partial charge in [0.25, 0.3) is 0 Å². The van der Waals surface area contributed by atoms with Crippen LogP contribution in [0.25, 0.3) is 0 Å². The predicted octanol–water partition coefficient (Wildman–Crippen LogP) is 5.52. The van der Waals surface area contributed by atoms with E-state index in [9.17, 15) is 4.39 Å². The highest BCUT2D eigenvalue weighted by Gasteiger charge is 2.15. The molecular weight excluding hydrogens is 227 g/mol. The van der Waals surface area contributed by atoms with E-state index >= 15 is 0 Å². The largest absolute Gasteiger partial charge is 0.251 e. The maximum absolute atomic E-state index is 11.8. The van der Waals surface area contributed by atoms with Crippen molar-refractivity contribution in [2.24, 2.45) is 0 Å². The van der Waals surface area contributed by atoms with Crippen LogP contribution >= 0.6 is 11.1 Å². The smallest absolute Gasteiger partial charge is 0.150 e. The predicted molar refractivity (Wildman–Crippen MR) is 71.1 cm³/mol. The first-order valence-electron chi connectivity index (χ1n) is 6.31. The van der Waals surface area contributed by atoms with Gasteiger partial charge in [0.1, 0.15) is 7.38 Å². The van der Waals surface area contributed by atoms with Crippen molar-refractivity contribution >= 4 is 18.5 Å². The van der Waals surface area contributed by atoms with Crippen molar-refractivity contribution in [3.8, 4) is 0 Å². The molecular formula is C12H26ClFSi. The van der Waals surface area contributed by atoms with Crippen LogP contribution in [-0.2, 0) is 0 Å². The van der Waals surface area contributed by atoms with E-state index in [1.54, 1.807) is 0 Å². The zero-order chi connectivity index (χ0) is 11.6. The summed E-state index contributed by atoms with van der Waals surface area (Å²) in [5.41, 5.74) is 0. The lowest BCUT2D eigenvalue weighted by molar-refractivity contribution is 0.449. The minimum Gasteiger partial charge on any atom is -0.251 e. The molecule has 0 N–H and O–H groups in total. The molecule has 0 atom stereocenters. The van der Waals surface area contributed by atoms with Gasteiger partial charge in [0.05, 0.1) is 6.67 Å². The van der Waals surface area contributed by atoms with Crippen LogP contribution in [-0.4, -0.2) is 14.1 Å². The molecule has 0 saturated carbocycles. The summed E-state index contributed by atoms with van der Waals surface area (Å²) in [6.07, 6.45) is 9.58. The van der Waals surface area contributed by atoms with Gasteiger partial charge in [-0.1, -0.05) is 58.0 Å². The first-order chi connectivity index (χ1) is 7.06. The Hall–Kier alpha value is 0.437. The average molecular weight is 253 g/mol. The van der Waals surface area contributed by atoms with Crippen molar-refractivity contribution in [2.75, 3.05) is 6.67 Å². The molecule has 0 heterocycles. The summed E-state index contributed by atoms with van der Waals surface area (Å²) in [6, 6.07) is 1.25. The molecule has 0 saturated heterocycles. The Morgan fingerprint density at radius 2 is 1.20 bits per heavy atom. The summed E-state index contributed by atoms with van der Waals surface area (Å²) >= 11 is 6.23. The van der Waals surface area contributed by atoms with Gasteiger partial charge in [-0.25, -0.2) is 0 Å². The molecule has 15 heavy (non-hydrogen) atoms. The summed E-state index contributed by atoms with van der Waals surface area (Å²) in [7, 11) is -1.31. The molecule has 0 spiro atoms. The molecule has 0 aliphatic carbocycles. The second-order valence-electron chi connectivity index (χ2n) is 4.99. The molecule has 0 radical (unpaired) electrons. The van der Waals surface area contributed by atoms with Gasteiger partial charge in [0, 0.05) is 0 Å². The number of hydrogen-bond donors (Lipinski definition) is 0. The zero-order valence-electron chi connectivity index (χ0n) is 10.3. The summed E-state index contributed by atoms with van der Waals surface area (Å²) in [4.78, 5) is 0. The highest BCUT2D eigenvalue weighted by Crippen LogP contribution is 2.19. The Labute approximate surface area is 100 Å². The van der Waals surface area contributed by atoms with Gasteiger partial charge in [-0.3, -0.25) is 4.39 Å². The van der Waals surface area contributed by atoms with Crippen molar-refractivity contribution in [1.82, 2.24) is 0 Å². The fourth-order valence-electron chi connectivity index (χ4n) is 1.70. The molecule has 3 heteroatoms. The summed E-state index contributed by atoms with van der Waals surface area (Å²) in [6.45, 7) is 4.28. The Morgan fingerprint density at radius 3 is 1.60 bits per heavy atom. The van der Waals surface area contributed by atoms with Crippen LogP contribution in [0.15, 0.2) is 0 Å². The minimum absolute atomic E-state index is 0.143. The molecule has 92 valence electrons. The zero-order valence-corrected chi connectivity index (χ0v) is 12.1. The second kappa shape index (κ2) is 9.65. The Morgan fingerprint density at radius 1 is 0.800 bits per heavy atom. The lowest BCUT2D eigenvalue weighted by atomic mass is 10.1. The maximum Gasteiger partial charge on any atom is 0.150 e. The fourth-order valence-corrected chi connectivity index (χ4v) is 3.19. The Bertz CT molecular complexity index is 134. The van der Waals surface area contributed by atoms with Crippen molar-refractivity contribution < 1.29 is 4.39 Å². The van der Waals surface area contributed by atoms with E-state index in [0.717, 1.165) is 12.8 Å². The number of rotatable bonds is 10. The van der Waals surface area contributed by atoms with Gasteiger partial charge in [-0.2, -0.15) is 11.1 Å². The van der Waals surface area contributed by atoms with Gasteiger partial charge in [-0.05, 0) is 12.5 Å². The highest BCUT2D eigenvalue weighted by molar-refractivity contribution is 7.19. The lowest BCUT2D eigenvalue weighted by Crippen LogP contribution is -2.14. The molecule has 0 bridgehead atoms. The number of hydrogen-bond acceptors (Lipinski definition) is 0. The van der Waals surface area contributed by atoms with Crippen LogP contribution in [0.1, 0.15) is 51.4 Å². The maximum atomic E-state index is 11.8. The van der Waals surface area contributed by atoms with Crippen molar-refractivity contribution in [1.29, 1.82) is 0 Å². The third-order valence-electron chi connectivity index (χ3n) is 2.65. The minimum atomic E-state index is -1.31. The molecule has 0 aliphatic heterocycles. The van der Waals surface area contributed by atoms with Crippen molar-refractivity contribution in [2.45, 2.75) is 70.5 Å². The third-order valence-corrected chi connectivity index (χ3v) is 4.76. The molecule has 0 aromatic heterocycles. The standard InChI is InChI=1S/C12H26ClFSi/c1-15(2,13)12-10-8-6-4-3-5-7-9-11-14/h3-12H2,1-2H3.